The molecule has 20 heavy (non-hydrogen) atoms. The molecule has 1 aliphatic heterocycles. The Morgan fingerprint density at radius 1 is 1.20 bits per heavy atom. The molecule has 3 rings (SSSR count). The molecule has 1 aliphatic rings. The van der Waals surface area contributed by atoms with E-state index in [1.807, 2.05) is 6.07 Å². The van der Waals surface area contributed by atoms with Gasteiger partial charge in [0, 0.05) is 18.4 Å². The number of halogens is 2. The number of nitrogens with zero attached hydrogens (tertiary/aromatic N) is 3. The molecule has 0 bridgehead atoms. The SMILES string of the molecule is C[Si](C)(C)c1c(Cl)ccc2c(Br)c(N3CCCC3)nn12. The van der Waals surface area contributed by atoms with Gasteiger partial charge in [-0.05, 0) is 40.9 Å². The fourth-order valence-electron chi connectivity index (χ4n) is 2.85. The first-order valence-corrected chi connectivity index (χ1v) is 11.7. The lowest BCUT2D eigenvalue weighted by Crippen LogP contribution is -2.43. The van der Waals surface area contributed by atoms with Gasteiger partial charge < -0.3 is 4.90 Å². The smallest absolute Gasteiger partial charge is 0.166 e. The standard InChI is InChI=1S/C14H19BrClN3Si/c1-20(2,3)14-10(16)6-7-11-12(15)13(17-19(11)14)18-8-4-5-9-18/h6-7H,4-5,8-9H2,1-3H3. The zero-order valence-corrected chi connectivity index (χ0v) is 15.4. The van der Waals surface area contributed by atoms with E-state index in [-0.39, 0.29) is 0 Å². The normalized spacial score (nSPS) is 16.4. The van der Waals surface area contributed by atoms with E-state index in [1.165, 1.54) is 18.2 Å². The van der Waals surface area contributed by atoms with Crippen LogP contribution in [0.1, 0.15) is 12.8 Å². The van der Waals surface area contributed by atoms with Crippen LogP contribution in [-0.4, -0.2) is 30.8 Å². The highest BCUT2D eigenvalue weighted by molar-refractivity contribution is 9.10. The van der Waals surface area contributed by atoms with E-state index < -0.39 is 8.07 Å². The van der Waals surface area contributed by atoms with Crippen molar-refractivity contribution < 1.29 is 0 Å². The lowest BCUT2D eigenvalue weighted by Gasteiger charge is -2.19. The number of hydrogen-bond donors (Lipinski definition) is 0. The van der Waals surface area contributed by atoms with E-state index in [0.717, 1.165) is 33.9 Å². The molecule has 0 saturated carbocycles. The Labute approximate surface area is 134 Å². The third kappa shape index (κ3) is 2.29. The molecule has 0 aliphatic carbocycles. The van der Waals surface area contributed by atoms with Gasteiger partial charge in [-0.1, -0.05) is 31.2 Å². The molecule has 3 heterocycles. The predicted octanol–water partition coefficient (Wildman–Crippen LogP) is 3.90. The van der Waals surface area contributed by atoms with E-state index in [9.17, 15) is 0 Å². The molecular formula is C14H19BrClN3Si. The van der Waals surface area contributed by atoms with Crippen molar-refractivity contribution in [3.63, 3.8) is 0 Å². The van der Waals surface area contributed by atoms with Gasteiger partial charge in [-0.25, -0.2) is 4.52 Å². The summed E-state index contributed by atoms with van der Waals surface area (Å²) < 4.78 is 3.15. The maximum atomic E-state index is 6.45. The summed E-state index contributed by atoms with van der Waals surface area (Å²) in [5, 5.41) is 6.90. The van der Waals surface area contributed by atoms with Crippen LogP contribution in [0.3, 0.4) is 0 Å². The minimum atomic E-state index is -1.56. The van der Waals surface area contributed by atoms with Gasteiger partial charge in [0.25, 0.3) is 0 Å². The number of fused-ring (bicyclic) bond motifs is 1. The van der Waals surface area contributed by atoms with Crippen molar-refractivity contribution in [3.05, 3.63) is 21.6 Å². The lowest BCUT2D eigenvalue weighted by atomic mass is 10.4. The van der Waals surface area contributed by atoms with Gasteiger partial charge in [-0.15, -0.1) is 5.10 Å². The summed E-state index contributed by atoms with van der Waals surface area (Å²) in [5.74, 6) is 1.06. The third-order valence-electron chi connectivity index (χ3n) is 3.79. The van der Waals surface area contributed by atoms with Gasteiger partial charge in [-0.3, -0.25) is 0 Å². The second-order valence-electron chi connectivity index (χ2n) is 6.41. The van der Waals surface area contributed by atoms with Crippen LogP contribution in [0.15, 0.2) is 16.6 Å². The van der Waals surface area contributed by atoms with Gasteiger partial charge in [0.05, 0.1) is 15.0 Å². The highest BCUT2D eigenvalue weighted by Gasteiger charge is 2.27. The van der Waals surface area contributed by atoms with Crippen LogP contribution in [-0.2, 0) is 0 Å². The molecule has 108 valence electrons. The Kier molecular flexibility index (Phi) is 3.63. The number of hydrogen-bond acceptors (Lipinski definition) is 2. The molecule has 6 heteroatoms. The van der Waals surface area contributed by atoms with Crippen molar-refractivity contribution in [2.24, 2.45) is 0 Å². The zero-order valence-electron chi connectivity index (χ0n) is 12.1. The zero-order chi connectivity index (χ0) is 14.5. The van der Waals surface area contributed by atoms with E-state index >= 15 is 0 Å². The highest BCUT2D eigenvalue weighted by atomic mass is 79.9. The number of aromatic nitrogens is 2. The number of anilines is 1. The van der Waals surface area contributed by atoms with Crippen molar-refractivity contribution in [3.8, 4) is 0 Å². The van der Waals surface area contributed by atoms with Crippen molar-refractivity contribution >= 4 is 52.3 Å². The average Bonchev–Trinajstić information content (AvgIpc) is 2.95. The summed E-state index contributed by atoms with van der Waals surface area (Å²) in [7, 11) is -1.56. The monoisotopic (exact) mass is 371 g/mol. The fourth-order valence-corrected chi connectivity index (χ4v) is 6.08. The number of rotatable bonds is 2. The Morgan fingerprint density at radius 2 is 1.85 bits per heavy atom. The summed E-state index contributed by atoms with van der Waals surface area (Å²) in [6.45, 7) is 9.10. The second-order valence-corrected chi connectivity index (χ2v) is 12.6. The molecule has 1 saturated heterocycles. The summed E-state index contributed by atoms with van der Waals surface area (Å²) in [5.41, 5.74) is 1.12. The molecule has 1 fully saturated rings. The summed E-state index contributed by atoms with van der Waals surface area (Å²) in [4.78, 5) is 2.36. The predicted molar refractivity (Wildman–Crippen MR) is 92.3 cm³/mol. The van der Waals surface area contributed by atoms with Crippen LogP contribution in [0, 0.1) is 0 Å². The van der Waals surface area contributed by atoms with E-state index in [4.69, 9.17) is 16.7 Å². The van der Waals surface area contributed by atoms with Crippen LogP contribution in [0.5, 0.6) is 0 Å². The maximum Gasteiger partial charge on any atom is 0.166 e. The van der Waals surface area contributed by atoms with Crippen molar-refractivity contribution in [2.45, 2.75) is 32.5 Å². The Hall–Kier alpha value is -0.523. The molecule has 0 N–H and O–H groups in total. The van der Waals surface area contributed by atoms with Crippen LogP contribution >= 0.6 is 27.5 Å². The quantitative estimate of drug-likeness (QED) is 0.745. The van der Waals surface area contributed by atoms with Crippen LogP contribution in [0.25, 0.3) is 5.52 Å². The minimum absolute atomic E-state index is 0.833. The first-order chi connectivity index (χ1) is 9.39. The van der Waals surface area contributed by atoms with E-state index in [2.05, 4.69) is 51.1 Å². The molecule has 0 unspecified atom stereocenters. The van der Waals surface area contributed by atoms with Gasteiger partial charge in [0.1, 0.15) is 8.07 Å². The van der Waals surface area contributed by atoms with Crippen LogP contribution in [0.4, 0.5) is 5.82 Å². The molecule has 0 amide bonds. The molecule has 2 aromatic heterocycles. The Morgan fingerprint density at radius 3 is 2.45 bits per heavy atom. The van der Waals surface area contributed by atoms with Crippen molar-refractivity contribution in [1.29, 1.82) is 0 Å². The summed E-state index contributed by atoms with van der Waals surface area (Å²) >= 11 is 10.2. The van der Waals surface area contributed by atoms with Crippen molar-refractivity contribution in [1.82, 2.24) is 9.61 Å². The summed E-state index contributed by atoms with van der Waals surface area (Å²) in [6.07, 6.45) is 2.50. The van der Waals surface area contributed by atoms with Crippen LogP contribution in [0.2, 0.25) is 24.7 Å². The maximum absolute atomic E-state index is 6.45. The fraction of sp³-hybridized carbons (Fsp3) is 0.500. The third-order valence-corrected chi connectivity index (χ3v) is 6.91. The number of pyridine rings is 1. The van der Waals surface area contributed by atoms with E-state index in [0.29, 0.717) is 0 Å². The van der Waals surface area contributed by atoms with Gasteiger partial charge >= 0.3 is 0 Å². The Bertz CT molecular complexity index is 656. The first-order valence-electron chi connectivity index (χ1n) is 7.02. The van der Waals surface area contributed by atoms with Crippen LogP contribution < -0.4 is 10.2 Å². The topological polar surface area (TPSA) is 20.5 Å². The first kappa shape index (κ1) is 14.4. The van der Waals surface area contributed by atoms with Gasteiger partial charge in [0.15, 0.2) is 5.82 Å². The second kappa shape index (κ2) is 5.04. The summed E-state index contributed by atoms with van der Waals surface area (Å²) in [6, 6.07) is 4.06. The molecule has 0 aromatic carbocycles. The average molecular weight is 373 g/mol. The van der Waals surface area contributed by atoms with Gasteiger partial charge in [-0.2, -0.15) is 0 Å². The molecule has 0 radical (unpaired) electrons. The molecular weight excluding hydrogens is 354 g/mol. The molecule has 2 aromatic rings. The lowest BCUT2D eigenvalue weighted by molar-refractivity contribution is 0.892. The van der Waals surface area contributed by atoms with Gasteiger partial charge in [0.2, 0.25) is 0 Å². The van der Waals surface area contributed by atoms with Crippen molar-refractivity contribution in [2.75, 3.05) is 18.0 Å². The largest absolute Gasteiger partial charge is 0.354 e. The van der Waals surface area contributed by atoms with E-state index in [1.54, 1.807) is 0 Å². The molecule has 3 nitrogen and oxygen atoms in total. The molecule has 0 atom stereocenters. The molecule has 0 spiro atoms. The highest BCUT2D eigenvalue weighted by Crippen LogP contribution is 2.32. The Balaban J connectivity index is 2.25. The minimum Gasteiger partial charge on any atom is -0.354 e.